The minimum Gasteiger partial charge on any atom is -0.508 e. The maximum atomic E-state index is 13.6. The van der Waals surface area contributed by atoms with Gasteiger partial charge in [0.2, 0.25) is 0 Å². The van der Waals surface area contributed by atoms with Crippen molar-refractivity contribution in [1.82, 2.24) is 0 Å². The van der Waals surface area contributed by atoms with Crippen LogP contribution in [0, 0.1) is 16.0 Å². The molecule has 5 rings (SSSR count). The average molecular weight is 830 g/mol. The average Bonchev–Trinajstić information content (AvgIpc) is 3.10. The van der Waals surface area contributed by atoms with E-state index in [0.29, 0.717) is 11.5 Å². The Morgan fingerprint density at radius 1 is 0.830 bits per heavy atom. The molecule has 0 amide bonds. The maximum Gasteiger partial charge on any atom is 0.347 e. The predicted molar refractivity (Wildman–Crippen MR) is 219 cm³/mol. The first-order valence-electron chi connectivity index (χ1n) is 16.6. The van der Waals surface area contributed by atoms with Crippen molar-refractivity contribution in [2.45, 2.75) is 52.4 Å². The molecule has 1 unspecified atom stereocenters. The molecule has 1 heterocycles. The van der Waals surface area contributed by atoms with Gasteiger partial charge in [0.05, 0.1) is 15.5 Å². The van der Waals surface area contributed by atoms with Crippen molar-refractivity contribution >= 4 is 82.8 Å². The zero-order valence-electron chi connectivity index (χ0n) is 29.0. The number of Topliss-reactive ketones (excluding diaryl/α,β-unsaturated/α-hetero) is 1. The highest BCUT2D eigenvalue weighted by Gasteiger charge is 2.45. The van der Waals surface area contributed by atoms with Gasteiger partial charge in [-0.05, 0) is 96.1 Å². The Morgan fingerprint density at radius 3 is 2.00 bits per heavy atom. The standard InChI is InChI=1S/C37H37NO9P2S4/c1-24(2)21-26-6-9-28(10-7-26)25(3)34(40)23-27-8-19-35(47-36(41)5-4-20-45-38(43)44)33(22-27)37(42)46-30-13-17-32(18-14-30)49(51)52-48(50,53-49)31-15-11-29(39)12-16-31/h6-19,22,24-25,39H,4-5,20-21,23H2,1-3H3. The lowest BCUT2D eigenvalue weighted by Gasteiger charge is -2.40. The van der Waals surface area contributed by atoms with E-state index in [1.165, 1.54) is 17.7 Å². The number of hydrogen-bond donors (Lipinski definition) is 1. The predicted octanol–water partition coefficient (Wildman–Crippen LogP) is 8.67. The number of phenolic OH excluding ortho intramolecular Hbond substituents is 1. The van der Waals surface area contributed by atoms with Crippen molar-refractivity contribution < 1.29 is 38.9 Å². The van der Waals surface area contributed by atoms with Crippen molar-refractivity contribution in [3.63, 3.8) is 0 Å². The second-order valence-corrected chi connectivity index (χ2v) is 34.0. The Labute approximate surface area is 325 Å². The molecule has 0 aliphatic carbocycles. The molecule has 278 valence electrons. The molecule has 1 N–H and O–H groups in total. The minimum atomic E-state index is -2.08. The number of rotatable bonds is 16. The maximum absolute atomic E-state index is 13.6. The molecule has 0 saturated carbocycles. The third kappa shape index (κ3) is 10.8. The van der Waals surface area contributed by atoms with Crippen LogP contribution in [0.15, 0.2) is 91.0 Å². The zero-order valence-corrected chi connectivity index (χ0v) is 34.1. The van der Waals surface area contributed by atoms with Gasteiger partial charge in [0, 0.05) is 29.4 Å². The van der Waals surface area contributed by atoms with Crippen molar-refractivity contribution in [3.8, 4) is 17.2 Å². The molecule has 1 saturated heterocycles. The van der Waals surface area contributed by atoms with Gasteiger partial charge in [-0.25, -0.2) is 4.79 Å². The molecule has 4 aromatic rings. The Hall–Kier alpha value is -3.51. The van der Waals surface area contributed by atoms with Crippen LogP contribution in [0.5, 0.6) is 17.2 Å². The van der Waals surface area contributed by atoms with Gasteiger partial charge in [-0.3, -0.25) is 9.59 Å². The lowest BCUT2D eigenvalue weighted by atomic mass is 9.91. The number of ether oxygens (including phenoxy) is 2. The van der Waals surface area contributed by atoms with Gasteiger partial charge in [-0.2, -0.15) is 0 Å². The molecule has 4 aromatic carbocycles. The molecule has 0 radical (unpaired) electrons. The summed E-state index contributed by atoms with van der Waals surface area (Å²) in [6.07, 6.45) is 0.803. The molecule has 1 fully saturated rings. The summed E-state index contributed by atoms with van der Waals surface area (Å²) in [6.45, 7) is 5.86. The number of ketones is 1. The van der Waals surface area contributed by atoms with Crippen molar-refractivity contribution in [1.29, 1.82) is 0 Å². The number of hydrogen-bond acceptors (Lipinski definition) is 13. The lowest BCUT2D eigenvalue weighted by Crippen LogP contribution is -2.17. The number of carbonyl (C=O) groups excluding carboxylic acids is 3. The summed E-state index contributed by atoms with van der Waals surface area (Å²) in [7, 11) is 0. The van der Waals surface area contributed by atoms with Crippen molar-refractivity contribution in [2.24, 2.45) is 5.92 Å². The van der Waals surface area contributed by atoms with Crippen LogP contribution < -0.4 is 20.1 Å². The quantitative estimate of drug-likeness (QED) is 0.0288. The largest absolute Gasteiger partial charge is 0.508 e. The molecular weight excluding hydrogens is 793 g/mol. The fraction of sp³-hybridized carbons (Fsp3) is 0.270. The second kappa shape index (κ2) is 17.8. The smallest absolute Gasteiger partial charge is 0.347 e. The fourth-order valence-corrected chi connectivity index (χ4v) is 47.7. The van der Waals surface area contributed by atoms with Crippen LogP contribution >= 0.6 is 30.9 Å². The number of benzene rings is 4. The Bertz CT molecular complexity index is 2080. The highest BCUT2D eigenvalue weighted by Crippen LogP contribution is 3.04. The zero-order chi connectivity index (χ0) is 38.3. The molecule has 16 heteroatoms. The molecule has 0 spiro atoms. The third-order valence-electron chi connectivity index (χ3n) is 8.15. The summed E-state index contributed by atoms with van der Waals surface area (Å²) in [5.74, 6) is -1.13. The Morgan fingerprint density at radius 2 is 1.42 bits per heavy atom. The van der Waals surface area contributed by atoms with Gasteiger partial charge in [-0.15, -0.1) is 10.1 Å². The highest BCUT2D eigenvalue weighted by molar-refractivity contribution is 9.48. The van der Waals surface area contributed by atoms with E-state index in [4.69, 9.17) is 33.1 Å². The van der Waals surface area contributed by atoms with Crippen LogP contribution in [0.2, 0.25) is 0 Å². The van der Waals surface area contributed by atoms with Crippen molar-refractivity contribution in [3.05, 3.63) is 123 Å². The van der Waals surface area contributed by atoms with Crippen LogP contribution in [-0.4, -0.2) is 34.5 Å². The molecular formula is C37H37NO9P2S4. The topological polar surface area (TPSA) is 142 Å². The summed E-state index contributed by atoms with van der Waals surface area (Å²) in [5, 5.41) is 21.0. The van der Waals surface area contributed by atoms with Crippen molar-refractivity contribution in [2.75, 3.05) is 6.61 Å². The van der Waals surface area contributed by atoms with E-state index in [2.05, 4.69) is 18.7 Å². The number of nitrogens with zero attached hydrogens (tertiary/aromatic N) is 1. The number of aromatic hydroxyl groups is 1. The van der Waals surface area contributed by atoms with Gasteiger partial charge in [0.15, 0.2) is 0 Å². The van der Waals surface area contributed by atoms with E-state index in [1.54, 1.807) is 52.3 Å². The molecule has 0 bridgehead atoms. The van der Waals surface area contributed by atoms with Crippen LogP contribution in [0.3, 0.4) is 0 Å². The number of phenols is 1. The van der Waals surface area contributed by atoms with Gasteiger partial charge >= 0.3 is 11.9 Å². The van der Waals surface area contributed by atoms with E-state index in [0.717, 1.165) is 22.6 Å². The van der Waals surface area contributed by atoms with Gasteiger partial charge < -0.3 is 19.4 Å². The normalized spacial score (nSPS) is 18.4. The molecule has 1 aliphatic heterocycles. The van der Waals surface area contributed by atoms with E-state index < -0.39 is 31.8 Å². The summed E-state index contributed by atoms with van der Waals surface area (Å²) in [5.41, 5.74) is 2.56. The first kappa shape index (κ1) is 40.7. The monoisotopic (exact) mass is 829 g/mol. The van der Waals surface area contributed by atoms with Gasteiger partial charge in [-0.1, -0.05) is 96.7 Å². The van der Waals surface area contributed by atoms with E-state index >= 15 is 0 Å². The number of carbonyl (C=O) groups is 3. The van der Waals surface area contributed by atoms with Crippen LogP contribution in [0.4, 0.5) is 0 Å². The highest BCUT2D eigenvalue weighted by atomic mass is 33.7. The SMILES string of the molecule is CC(C)Cc1ccc(C(C)C(=O)Cc2ccc(OC(=O)CCCO[N+](=O)[O-])c(C(=O)Oc3ccc(P4(=S)SP(=S)(c5ccc(O)cc5)S4)cc3)c2)cc1. The first-order chi connectivity index (χ1) is 25.1. The van der Waals surface area contributed by atoms with Crippen LogP contribution in [0.25, 0.3) is 0 Å². The lowest BCUT2D eigenvalue weighted by molar-refractivity contribution is -0.757. The fourth-order valence-electron chi connectivity index (χ4n) is 5.39. The molecule has 1 atom stereocenters. The van der Waals surface area contributed by atoms with E-state index in [-0.39, 0.29) is 54.5 Å². The molecule has 0 aromatic heterocycles. The Kier molecular flexibility index (Phi) is 13.6. The minimum absolute atomic E-state index is 0.0213. The van der Waals surface area contributed by atoms with E-state index in [9.17, 15) is 29.6 Å². The van der Waals surface area contributed by atoms with Crippen LogP contribution in [0.1, 0.15) is 66.6 Å². The second-order valence-electron chi connectivity index (χ2n) is 12.7. The molecule has 10 nitrogen and oxygen atoms in total. The molecule has 1 aliphatic rings. The third-order valence-corrected chi connectivity index (χ3v) is 39.4. The summed E-state index contributed by atoms with van der Waals surface area (Å²) in [6, 6.07) is 26.4. The summed E-state index contributed by atoms with van der Waals surface area (Å²) < 4.78 is 7.14. The Balaban J connectivity index is 1.30. The molecule has 53 heavy (non-hydrogen) atoms. The van der Waals surface area contributed by atoms with E-state index in [1.807, 2.05) is 55.5 Å². The summed E-state index contributed by atoms with van der Waals surface area (Å²) in [4.78, 5) is 54.3. The number of esters is 2. The summed E-state index contributed by atoms with van der Waals surface area (Å²) >= 11 is 15.3. The first-order valence-corrected chi connectivity index (χ1v) is 26.3. The van der Waals surface area contributed by atoms with Crippen LogP contribution in [-0.2, 0) is 50.9 Å². The van der Waals surface area contributed by atoms with Gasteiger partial charge in [0.25, 0.3) is 5.09 Å². The van der Waals surface area contributed by atoms with Gasteiger partial charge in [0.1, 0.15) is 28.6 Å².